The van der Waals surface area contributed by atoms with Gasteiger partial charge < -0.3 is 9.84 Å². The Morgan fingerprint density at radius 2 is 1.79 bits per heavy atom. The maximum atomic E-state index is 13.2. The first-order chi connectivity index (χ1) is 16.4. The second kappa shape index (κ2) is 9.37. The molecule has 34 heavy (non-hydrogen) atoms. The SMILES string of the molecule is CCOC(=O)c1ccc(-n2c(O)c(C=Nc3cccc([N+](=O)[O-])c3)c3ccccc3c2=O)cc1. The van der Waals surface area contributed by atoms with Crippen LogP contribution in [0.3, 0.4) is 0 Å². The Hall–Kier alpha value is -4.79. The molecular formula is C25H19N3O6. The molecule has 0 saturated heterocycles. The van der Waals surface area contributed by atoms with Crippen molar-refractivity contribution < 1.29 is 19.6 Å². The summed E-state index contributed by atoms with van der Waals surface area (Å²) in [7, 11) is 0. The Kier molecular flexibility index (Phi) is 6.18. The summed E-state index contributed by atoms with van der Waals surface area (Å²) < 4.78 is 6.10. The number of esters is 1. The Balaban J connectivity index is 1.85. The number of hydrogen-bond acceptors (Lipinski definition) is 7. The van der Waals surface area contributed by atoms with Crippen LogP contribution in [0.4, 0.5) is 11.4 Å². The van der Waals surface area contributed by atoms with Crippen LogP contribution in [-0.2, 0) is 4.74 Å². The lowest BCUT2D eigenvalue weighted by Crippen LogP contribution is -2.20. The van der Waals surface area contributed by atoms with E-state index in [0.717, 1.165) is 4.57 Å². The lowest BCUT2D eigenvalue weighted by Gasteiger charge is -2.14. The zero-order valence-electron chi connectivity index (χ0n) is 18.0. The number of carbonyl (C=O) groups excluding carboxylic acids is 1. The van der Waals surface area contributed by atoms with Crippen LogP contribution in [0, 0.1) is 10.1 Å². The molecule has 0 saturated carbocycles. The molecule has 0 aliphatic heterocycles. The fraction of sp³-hybridized carbons (Fsp3) is 0.0800. The van der Waals surface area contributed by atoms with Crippen molar-refractivity contribution in [3.63, 3.8) is 0 Å². The van der Waals surface area contributed by atoms with Crippen LogP contribution in [0.2, 0.25) is 0 Å². The van der Waals surface area contributed by atoms with Crippen molar-refractivity contribution >= 4 is 34.3 Å². The van der Waals surface area contributed by atoms with Gasteiger partial charge in [-0.05, 0) is 43.3 Å². The summed E-state index contributed by atoms with van der Waals surface area (Å²) in [5.41, 5.74) is 0.656. The summed E-state index contributed by atoms with van der Waals surface area (Å²) in [6, 6.07) is 18.6. The van der Waals surface area contributed by atoms with E-state index in [0.29, 0.717) is 27.7 Å². The summed E-state index contributed by atoms with van der Waals surface area (Å²) in [5.74, 6) is -0.851. The Morgan fingerprint density at radius 3 is 2.47 bits per heavy atom. The Bertz CT molecular complexity index is 1490. The number of nitrogens with zero attached hydrogens (tertiary/aromatic N) is 3. The zero-order chi connectivity index (χ0) is 24.2. The summed E-state index contributed by atoms with van der Waals surface area (Å²) in [5, 5.41) is 22.9. The molecule has 170 valence electrons. The third-order valence-corrected chi connectivity index (χ3v) is 5.12. The van der Waals surface area contributed by atoms with Crippen molar-refractivity contribution in [2.45, 2.75) is 6.92 Å². The first kappa shape index (κ1) is 22.4. The fourth-order valence-electron chi connectivity index (χ4n) is 3.52. The summed E-state index contributed by atoms with van der Waals surface area (Å²) in [6.07, 6.45) is 1.36. The van der Waals surface area contributed by atoms with Gasteiger partial charge in [0.15, 0.2) is 0 Å². The lowest BCUT2D eigenvalue weighted by atomic mass is 10.1. The number of nitro groups is 1. The molecule has 0 amide bonds. The van der Waals surface area contributed by atoms with Gasteiger partial charge in [-0.3, -0.25) is 19.9 Å². The van der Waals surface area contributed by atoms with Crippen LogP contribution in [0.1, 0.15) is 22.8 Å². The first-order valence-corrected chi connectivity index (χ1v) is 10.3. The van der Waals surface area contributed by atoms with Gasteiger partial charge >= 0.3 is 5.97 Å². The van der Waals surface area contributed by atoms with E-state index in [1.165, 1.54) is 48.7 Å². The topological polar surface area (TPSA) is 124 Å². The van der Waals surface area contributed by atoms with Gasteiger partial charge in [-0.1, -0.05) is 24.3 Å². The number of benzene rings is 3. The van der Waals surface area contributed by atoms with E-state index in [2.05, 4.69) is 4.99 Å². The quantitative estimate of drug-likeness (QED) is 0.196. The minimum absolute atomic E-state index is 0.115. The van der Waals surface area contributed by atoms with E-state index in [1.54, 1.807) is 37.3 Å². The summed E-state index contributed by atoms with van der Waals surface area (Å²) >= 11 is 0. The average Bonchev–Trinajstić information content (AvgIpc) is 2.85. The first-order valence-electron chi connectivity index (χ1n) is 10.3. The molecule has 9 nitrogen and oxygen atoms in total. The molecule has 1 aromatic heterocycles. The van der Waals surface area contributed by atoms with Gasteiger partial charge in [-0.2, -0.15) is 0 Å². The number of rotatable bonds is 6. The molecule has 4 aromatic rings. The number of pyridine rings is 1. The number of nitro benzene ring substituents is 1. The number of non-ortho nitro benzene ring substituents is 1. The predicted molar refractivity (Wildman–Crippen MR) is 128 cm³/mol. The molecular weight excluding hydrogens is 438 g/mol. The molecule has 0 aliphatic carbocycles. The highest BCUT2D eigenvalue weighted by molar-refractivity contribution is 6.02. The molecule has 9 heteroatoms. The third-order valence-electron chi connectivity index (χ3n) is 5.12. The molecule has 0 fully saturated rings. The van der Waals surface area contributed by atoms with E-state index in [-0.39, 0.29) is 23.7 Å². The molecule has 1 heterocycles. The fourth-order valence-corrected chi connectivity index (χ4v) is 3.52. The number of hydrogen-bond donors (Lipinski definition) is 1. The number of aromatic hydroxyl groups is 1. The molecule has 0 atom stereocenters. The molecule has 0 unspecified atom stereocenters. The van der Waals surface area contributed by atoms with Crippen LogP contribution in [0.15, 0.2) is 82.6 Å². The van der Waals surface area contributed by atoms with Crippen molar-refractivity contribution in [1.82, 2.24) is 4.57 Å². The van der Waals surface area contributed by atoms with Gasteiger partial charge in [0.1, 0.15) is 0 Å². The largest absolute Gasteiger partial charge is 0.494 e. The van der Waals surface area contributed by atoms with Crippen LogP contribution < -0.4 is 5.56 Å². The van der Waals surface area contributed by atoms with Crippen LogP contribution >= 0.6 is 0 Å². The Labute approximate surface area is 193 Å². The molecule has 0 spiro atoms. The summed E-state index contributed by atoms with van der Waals surface area (Å²) in [4.78, 5) is 40.0. The normalized spacial score (nSPS) is 11.1. The van der Waals surface area contributed by atoms with Crippen LogP contribution in [0.5, 0.6) is 5.88 Å². The number of carbonyl (C=O) groups is 1. The molecule has 4 rings (SSSR count). The number of ether oxygens (including phenoxy) is 1. The van der Waals surface area contributed by atoms with E-state index in [4.69, 9.17) is 4.74 Å². The van der Waals surface area contributed by atoms with Crippen molar-refractivity contribution in [2.24, 2.45) is 4.99 Å². The van der Waals surface area contributed by atoms with Crippen molar-refractivity contribution in [1.29, 1.82) is 0 Å². The highest BCUT2D eigenvalue weighted by Crippen LogP contribution is 2.27. The second-order valence-corrected chi connectivity index (χ2v) is 7.23. The van der Waals surface area contributed by atoms with E-state index in [9.17, 15) is 24.8 Å². The van der Waals surface area contributed by atoms with Gasteiger partial charge in [0.2, 0.25) is 5.88 Å². The highest BCUT2D eigenvalue weighted by Gasteiger charge is 2.17. The van der Waals surface area contributed by atoms with Gasteiger partial charge in [0.05, 0.1) is 34.0 Å². The lowest BCUT2D eigenvalue weighted by molar-refractivity contribution is -0.384. The van der Waals surface area contributed by atoms with Crippen molar-refractivity contribution in [2.75, 3.05) is 6.61 Å². The van der Waals surface area contributed by atoms with Gasteiger partial charge in [-0.25, -0.2) is 9.36 Å². The monoisotopic (exact) mass is 457 g/mol. The van der Waals surface area contributed by atoms with Crippen LogP contribution in [-0.4, -0.2) is 33.4 Å². The molecule has 0 aliphatic rings. The van der Waals surface area contributed by atoms with E-state index in [1.807, 2.05) is 0 Å². The minimum Gasteiger partial charge on any atom is -0.494 e. The van der Waals surface area contributed by atoms with E-state index < -0.39 is 16.5 Å². The van der Waals surface area contributed by atoms with Crippen LogP contribution in [0.25, 0.3) is 16.5 Å². The smallest absolute Gasteiger partial charge is 0.338 e. The molecule has 3 aromatic carbocycles. The highest BCUT2D eigenvalue weighted by atomic mass is 16.6. The molecule has 1 N–H and O–H groups in total. The standard InChI is InChI=1S/C25H19N3O6/c1-2-34-25(31)16-10-12-18(13-11-16)27-23(29)21-9-4-3-8-20(21)22(24(27)30)15-26-17-6-5-7-19(14-17)28(32)33/h3-15,30H,2H2,1H3. The maximum absolute atomic E-state index is 13.2. The summed E-state index contributed by atoms with van der Waals surface area (Å²) in [6.45, 7) is 1.94. The molecule has 0 radical (unpaired) electrons. The van der Waals surface area contributed by atoms with Crippen molar-refractivity contribution in [3.8, 4) is 11.6 Å². The second-order valence-electron chi connectivity index (χ2n) is 7.23. The Morgan fingerprint density at radius 1 is 1.09 bits per heavy atom. The number of aromatic nitrogens is 1. The maximum Gasteiger partial charge on any atom is 0.338 e. The number of fused-ring (bicyclic) bond motifs is 1. The average molecular weight is 457 g/mol. The minimum atomic E-state index is -0.522. The van der Waals surface area contributed by atoms with E-state index >= 15 is 0 Å². The third kappa shape index (κ3) is 4.26. The van der Waals surface area contributed by atoms with Crippen molar-refractivity contribution in [3.05, 3.63) is 104 Å². The molecule has 0 bridgehead atoms. The van der Waals surface area contributed by atoms with Gasteiger partial charge in [0.25, 0.3) is 11.2 Å². The predicted octanol–water partition coefficient (Wildman–Crippen LogP) is 4.53. The zero-order valence-corrected chi connectivity index (χ0v) is 18.0. The van der Waals surface area contributed by atoms with Gasteiger partial charge in [0, 0.05) is 29.1 Å². The van der Waals surface area contributed by atoms with Gasteiger partial charge in [-0.15, -0.1) is 0 Å². The number of aliphatic imine (C=N–C) groups is 1.